The minimum absolute atomic E-state index is 0.172. The molecule has 3 rings (SSSR count). The molecule has 8 nitrogen and oxygen atoms in total. The Labute approximate surface area is 192 Å². The number of anilines is 1. The predicted molar refractivity (Wildman–Crippen MR) is 125 cm³/mol. The molecule has 1 heterocycles. The molecule has 170 valence electrons. The summed E-state index contributed by atoms with van der Waals surface area (Å²) in [6.45, 7) is 6.64. The summed E-state index contributed by atoms with van der Waals surface area (Å²) in [5, 5.41) is 12.1. The van der Waals surface area contributed by atoms with Crippen molar-refractivity contribution in [1.82, 2.24) is 14.8 Å². The third-order valence-corrected chi connectivity index (χ3v) is 5.74. The van der Waals surface area contributed by atoms with Gasteiger partial charge in [-0.15, -0.1) is 10.2 Å². The van der Waals surface area contributed by atoms with Gasteiger partial charge in [-0.25, -0.2) is 0 Å². The van der Waals surface area contributed by atoms with E-state index in [1.807, 2.05) is 49.6 Å². The minimum Gasteiger partial charge on any atom is -0.497 e. The highest BCUT2D eigenvalue weighted by atomic mass is 32.2. The maximum absolute atomic E-state index is 12.6. The number of thioether (sulfide) groups is 1. The van der Waals surface area contributed by atoms with Gasteiger partial charge in [0.25, 0.3) is 0 Å². The van der Waals surface area contributed by atoms with E-state index in [0.717, 1.165) is 5.75 Å². The summed E-state index contributed by atoms with van der Waals surface area (Å²) in [4.78, 5) is 12.6. The number of nitrogens with one attached hydrogen (secondary N) is 1. The number of hydrogen-bond donors (Lipinski definition) is 1. The van der Waals surface area contributed by atoms with Crippen molar-refractivity contribution >= 4 is 23.4 Å². The fourth-order valence-corrected chi connectivity index (χ4v) is 3.92. The number of methoxy groups -OCH3 is 2. The Morgan fingerprint density at radius 1 is 1.09 bits per heavy atom. The van der Waals surface area contributed by atoms with Crippen LogP contribution in [0.4, 0.5) is 5.69 Å². The van der Waals surface area contributed by atoms with Crippen molar-refractivity contribution in [3.8, 4) is 17.2 Å². The first-order valence-corrected chi connectivity index (χ1v) is 11.2. The summed E-state index contributed by atoms with van der Waals surface area (Å²) in [5.74, 6) is 2.67. The predicted octanol–water partition coefficient (Wildman–Crippen LogP) is 4.49. The van der Waals surface area contributed by atoms with Crippen LogP contribution in [0, 0.1) is 6.92 Å². The van der Waals surface area contributed by atoms with Crippen molar-refractivity contribution in [2.75, 3.05) is 25.3 Å². The second kappa shape index (κ2) is 10.9. The summed E-state index contributed by atoms with van der Waals surface area (Å²) >= 11 is 1.32. The number of carbonyl (C=O) groups is 1. The lowest BCUT2D eigenvalue weighted by Crippen LogP contribution is -2.16. The first kappa shape index (κ1) is 23.5. The van der Waals surface area contributed by atoms with Gasteiger partial charge in [-0.05, 0) is 45.0 Å². The SMILES string of the molecule is CCn1c(SCC(=O)Nc2cc(OC)ccc2OC)nnc1C(C)Oc1ccc(C)cc1. The molecule has 0 aliphatic heterocycles. The number of rotatable bonds is 10. The number of nitrogens with zero attached hydrogens (tertiary/aromatic N) is 3. The van der Waals surface area contributed by atoms with Gasteiger partial charge in [-0.2, -0.15) is 0 Å². The van der Waals surface area contributed by atoms with Crippen LogP contribution in [-0.2, 0) is 11.3 Å². The van der Waals surface area contributed by atoms with E-state index in [1.54, 1.807) is 32.4 Å². The molecule has 1 aromatic heterocycles. The van der Waals surface area contributed by atoms with Crippen LogP contribution < -0.4 is 19.5 Å². The molecule has 1 unspecified atom stereocenters. The molecule has 1 atom stereocenters. The molecule has 32 heavy (non-hydrogen) atoms. The monoisotopic (exact) mass is 456 g/mol. The van der Waals surface area contributed by atoms with Crippen LogP contribution in [0.15, 0.2) is 47.6 Å². The Kier molecular flexibility index (Phi) is 7.99. The summed E-state index contributed by atoms with van der Waals surface area (Å²) in [7, 11) is 3.12. The van der Waals surface area contributed by atoms with Crippen LogP contribution in [0.3, 0.4) is 0 Å². The molecule has 0 aliphatic rings. The number of amides is 1. The van der Waals surface area contributed by atoms with E-state index < -0.39 is 0 Å². The fraction of sp³-hybridized carbons (Fsp3) is 0.348. The molecule has 0 radical (unpaired) electrons. The molecule has 9 heteroatoms. The van der Waals surface area contributed by atoms with E-state index in [4.69, 9.17) is 14.2 Å². The molecule has 1 amide bonds. The molecular weight excluding hydrogens is 428 g/mol. The van der Waals surface area contributed by atoms with Crippen LogP contribution in [-0.4, -0.2) is 40.6 Å². The van der Waals surface area contributed by atoms with Crippen LogP contribution in [0.5, 0.6) is 17.2 Å². The van der Waals surface area contributed by atoms with Crippen molar-refractivity contribution in [3.05, 3.63) is 53.9 Å². The third kappa shape index (κ3) is 5.73. The van der Waals surface area contributed by atoms with E-state index in [2.05, 4.69) is 15.5 Å². The molecule has 3 aromatic rings. The zero-order valence-electron chi connectivity index (χ0n) is 18.9. The Morgan fingerprint density at radius 2 is 1.81 bits per heavy atom. The molecule has 1 N–H and O–H groups in total. The second-order valence-corrected chi connectivity index (χ2v) is 8.00. The summed E-state index contributed by atoms with van der Waals surface area (Å²) in [6, 6.07) is 13.1. The van der Waals surface area contributed by atoms with Crippen LogP contribution in [0.25, 0.3) is 0 Å². The largest absolute Gasteiger partial charge is 0.497 e. The summed E-state index contributed by atoms with van der Waals surface area (Å²) in [6.07, 6.45) is -0.283. The van der Waals surface area contributed by atoms with Crippen molar-refractivity contribution in [2.24, 2.45) is 0 Å². The highest BCUT2D eigenvalue weighted by Crippen LogP contribution is 2.29. The molecule has 0 aliphatic carbocycles. The summed E-state index contributed by atoms with van der Waals surface area (Å²) < 4.78 is 18.5. The van der Waals surface area contributed by atoms with Crippen molar-refractivity contribution in [1.29, 1.82) is 0 Å². The van der Waals surface area contributed by atoms with Crippen LogP contribution >= 0.6 is 11.8 Å². The second-order valence-electron chi connectivity index (χ2n) is 7.06. The van der Waals surface area contributed by atoms with Gasteiger partial charge in [0.05, 0.1) is 25.7 Å². The number of hydrogen-bond acceptors (Lipinski definition) is 7. The first-order valence-electron chi connectivity index (χ1n) is 10.3. The third-order valence-electron chi connectivity index (χ3n) is 4.77. The van der Waals surface area contributed by atoms with Gasteiger partial charge < -0.3 is 24.1 Å². The van der Waals surface area contributed by atoms with Gasteiger partial charge in [-0.3, -0.25) is 4.79 Å². The van der Waals surface area contributed by atoms with Crippen molar-refractivity contribution < 1.29 is 19.0 Å². The molecule has 0 spiro atoms. The number of carbonyl (C=O) groups excluding carboxylic acids is 1. The zero-order chi connectivity index (χ0) is 23.1. The molecule has 0 fully saturated rings. The van der Waals surface area contributed by atoms with Gasteiger partial charge in [-0.1, -0.05) is 29.5 Å². The van der Waals surface area contributed by atoms with E-state index in [-0.39, 0.29) is 17.8 Å². The van der Waals surface area contributed by atoms with Crippen molar-refractivity contribution in [3.63, 3.8) is 0 Å². The molecular formula is C23H28N4O4S. The van der Waals surface area contributed by atoms with Gasteiger partial charge in [0.2, 0.25) is 5.91 Å². The van der Waals surface area contributed by atoms with Gasteiger partial charge in [0.15, 0.2) is 17.1 Å². The quantitative estimate of drug-likeness (QED) is 0.450. The maximum Gasteiger partial charge on any atom is 0.234 e. The number of ether oxygens (including phenoxy) is 3. The lowest BCUT2D eigenvalue weighted by Gasteiger charge is -2.16. The Morgan fingerprint density at radius 3 is 2.47 bits per heavy atom. The number of aryl methyl sites for hydroxylation is 1. The smallest absolute Gasteiger partial charge is 0.234 e. The van der Waals surface area contributed by atoms with E-state index in [9.17, 15) is 4.79 Å². The highest BCUT2D eigenvalue weighted by Gasteiger charge is 2.20. The van der Waals surface area contributed by atoms with E-state index in [0.29, 0.717) is 34.7 Å². The average Bonchev–Trinajstić information content (AvgIpc) is 3.22. The number of aromatic nitrogens is 3. The Balaban J connectivity index is 1.65. The highest BCUT2D eigenvalue weighted by molar-refractivity contribution is 7.99. The molecule has 0 saturated carbocycles. The van der Waals surface area contributed by atoms with Crippen molar-refractivity contribution in [2.45, 2.75) is 38.6 Å². The normalized spacial score (nSPS) is 11.7. The molecule has 0 bridgehead atoms. The van der Waals surface area contributed by atoms with E-state index in [1.165, 1.54) is 17.3 Å². The first-order chi connectivity index (χ1) is 15.4. The molecule has 0 saturated heterocycles. The van der Waals surface area contributed by atoms with Gasteiger partial charge in [0, 0.05) is 12.6 Å². The van der Waals surface area contributed by atoms with Crippen LogP contribution in [0.2, 0.25) is 0 Å². The lowest BCUT2D eigenvalue weighted by molar-refractivity contribution is -0.113. The molecule has 2 aromatic carbocycles. The fourth-order valence-electron chi connectivity index (χ4n) is 3.11. The zero-order valence-corrected chi connectivity index (χ0v) is 19.7. The maximum atomic E-state index is 12.6. The standard InChI is InChI=1S/C23H28N4O4S/c1-6-27-22(16(3)31-17-9-7-15(2)8-10-17)25-26-23(27)32-14-21(28)24-19-13-18(29-4)11-12-20(19)30-5/h7-13,16H,6,14H2,1-5H3,(H,24,28). The average molecular weight is 457 g/mol. The van der Waals surface area contributed by atoms with Gasteiger partial charge in [0.1, 0.15) is 17.2 Å². The topological polar surface area (TPSA) is 87.5 Å². The van der Waals surface area contributed by atoms with E-state index >= 15 is 0 Å². The van der Waals surface area contributed by atoms with Gasteiger partial charge >= 0.3 is 0 Å². The van der Waals surface area contributed by atoms with Crippen LogP contribution in [0.1, 0.15) is 31.3 Å². The number of benzene rings is 2. The minimum atomic E-state index is -0.283. The summed E-state index contributed by atoms with van der Waals surface area (Å²) in [5.41, 5.74) is 1.72. The lowest BCUT2D eigenvalue weighted by atomic mass is 10.2. The Bertz CT molecular complexity index is 1050. The Hall–Kier alpha value is -3.20.